The molecular formula is C5H8BrF3. The Morgan fingerprint density at radius 1 is 1.22 bits per heavy atom. The van der Waals surface area contributed by atoms with Crippen LogP contribution < -0.4 is 0 Å². The van der Waals surface area contributed by atoms with E-state index in [0.29, 0.717) is 0 Å². The van der Waals surface area contributed by atoms with E-state index < -0.39 is 16.9 Å². The van der Waals surface area contributed by atoms with Gasteiger partial charge in [0.05, 0.1) is 0 Å². The van der Waals surface area contributed by atoms with Crippen LogP contribution in [0.15, 0.2) is 0 Å². The van der Waals surface area contributed by atoms with Gasteiger partial charge in [0.25, 0.3) is 0 Å². The Morgan fingerprint density at radius 2 is 1.56 bits per heavy atom. The first-order valence-electron chi connectivity index (χ1n) is 2.56. The molecule has 0 spiro atoms. The van der Waals surface area contributed by atoms with Crippen LogP contribution in [0.2, 0.25) is 0 Å². The van der Waals surface area contributed by atoms with Crippen molar-refractivity contribution < 1.29 is 13.2 Å². The number of rotatable bonds is 1. The van der Waals surface area contributed by atoms with Crippen LogP contribution in [-0.2, 0) is 0 Å². The van der Waals surface area contributed by atoms with Crippen LogP contribution in [0.3, 0.4) is 0 Å². The number of hydrogen-bond donors (Lipinski definition) is 0. The maximum absolute atomic E-state index is 11.7. The molecule has 0 radical (unpaired) electrons. The summed E-state index contributed by atoms with van der Waals surface area (Å²) in [5.74, 6) is -0.398. The van der Waals surface area contributed by atoms with Crippen molar-refractivity contribution in [3.63, 3.8) is 0 Å². The van der Waals surface area contributed by atoms with Gasteiger partial charge in [0.15, 0.2) is 0 Å². The van der Waals surface area contributed by atoms with E-state index in [4.69, 9.17) is 0 Å². The van der Waals surface area contributed by atoms with Gasteiger partial charge < -0.3 is 0 Å². The Labute approximate surface area is 60.6 Å². The largest absolute Gasteiger partial charge is 0.401 e. The number of alkyl halides is 4. The van der Waals surface area contributed by atoms with Crippen molar-refractivity contribution in [2.24, 2.45) is 5.92 Å². The Kier molecular flexibility index (Phi) is 2.99. The second-order valence-electron chi connectivity index (χ2n) is 2.19. The molecule has 0 heterocycles. The predicted molar refractivity (Wildman–Crippen MR) is 33.6 cm³/mol. The topological polar surface area (TPSA) is 0 Å². The van der Waals surface area contributed by atoms with E-state index in [0.717, 1.165) is 0 Å². The summed E-state index contributed by atoms with van der Waals surface area (Å²) in [4.78, 5) is -1.37. The average molecular weight is 205 g/mol. The van der Waals surface area contributed by atoms with Crippen molar-refractivity contribution in [2.75, 3.05) is 0 Å². The van der Waals surface area contributed by atoms with Crippen LogP contribution in [-0.4, -0.2) is 11.0 Å². The van der Waals surface area contributed by atoms with Gasteiger partial charge in [-0.2, -0.15) is 13.2 Å². The van der Waals surface area contributed by atoms with E-state index in [1.807, 2.05) is 0 Å². The Balaban J connectivity index is 3.88. The molecule has 0 aliphatic heterocycles. The minimum absolute atomic E-state index is 0.398. The van der Waals surface area contributed by atoms with E-state index in [-0.39, 0.29) is 0 Å². The molecule has 9 heavy (non-hydrogen) atoms. The minimum atomic E-state index is -4.10. The van der Waals surface area contributed by atoms with Crippen molar-refractivity contribution in [3.05, 3.63) is 0 Å². The summed E-state index contributed by atoms with van der Waals surface area (Å²) in [7, 11) is 0. The summed E-state index contributed by atoms with van der Waals surface area (Å²) >= 11 is 2.54. The molecule has 0 saturated heterocycles. The van der Waals surface area contributed by atoms with Crippen molar-refractivity contribution in [3.8, 4) is 0 Å². The maximum Gasteiger partial charge on any atom is 0.401 e. The standard InChI is InChI=1S/C5H8BrF3/c1-3(2)4(6)5(7,8)9/h3-4H,1-2H3/t4-/m0/s1. The highest BCUT2D eigenvalue weighted by Crippen LogP contribution is 2.31. The summed E-state index contributed by atoms with van der Waals surface area (Å²) in [6.45, 7) is 3.04. The molecule has 0 aliphatic carbocycles. The first-order chi connectivity index (χ1) is 3.85. The quantitative estimate of drug-likeness (QED) is 0.577. The molecule has 0 aromatic heterocycles. The third-order valence-electron chi connectivity index (χ3n) is 0.898. The molecule has 0 rings (SSSR count). The summed E-state index contributed by atoms with van der Waals surface area (Å²) in [6.07, 6.45) is -4.10. The highest BCUT2D eigenvalue weighted by molar-refractivity contribution is 9.09. The zero-order chi connectivity index (χ0) is 7.65. The highest BCUT2D eigenvalue weighted by atomic mass is 79.9. The first kappa shape index (κ1) is 9.27. The van der Waals surface area contributed by atoms with E-state index in [9.17, 15) is 13.2 Å². The summed E-state index contributed by atoms with van der Waals surface area (Å²) in [6, 6.07) is 0. The number of hydrogen-bond acceptors (Lipinski definition) is 0. The molecule has 0 aromatic carbocycles. The lowest BCUT2D eigenvalue weighted by molar-refractivity contribution is -0.134. The fraction of sp³-hybridized carbons (Fsp3) is 1.00. The average Bonchev–Trinajstić information content (AvgIpc) is 1.62. The summed E-state index contributed by atoms with van der Waals surface area (Å²) < 4.78 is 35.0. The van der Waals surface area contributed by atoms with Gasteiger partial charge >= 0.3 is 6.18 Å². The van der Waals surface area contributed by atoms with Crippen molar-refractivity contribution in [2.45, 2.75) is 24.9 Å². The number of halogens is 4. The summed E-state index contributed by atoms with van der Waals surface area (Å²) in [5.41, 5.74) is 0. The summed E-state index contributed by atoms with van der Waals surface area (Å²) in [5, 5.41) is 0. The van der Waals surface area contributed by atoms with Gasteiger partial charge in [-0.25, -0.2) is 0 Å². The van der Waals surface area contributed by atoms with Gasteiger partial charge in [0, 0.05) is 0 Å². The van der Waals surface area contributed by atoms with Crippen LogP contribution in [0, 0.1) is 5.92 Å². The lowest BCUT2D eigenvalue weighted by Crippen LogP contribution is -2.27. The zero-order valence-corrected chi connectivity index (χ0v) is 6.75. The molecule has 0 nitrogen and oxygen atoms in total. The molecule has 1 atom stereocenters. The molecule has 4 heteroatoms. The van der Waals surface area contributed by atoms with Crippen molar-refractivity contribution in [1.82, 2.24) is 0 Å². The van der Waals surface area contributed by atoms with Gasteiger partial charge in [-0.3, -0.25) is 0 Å². The van der Waals surface area contributed by atoms with E-state index in [1.54, 1.807) is 0 Å². The zero-order valence-electron chi connectivity index (χ0n) is 5.17. The first-order valence-corrected chi connectivity index (χ1v) is 3.48. The third kappa shape index (κ3) is 3.08. The maximum atomic E-state index is 11.7. The van der Waals surface area contributed by atoms with Crippen LogP contribution in [0.4, 0.5) is 13.2 Å². The van der Waals surface area contributed by atoms with Crippen LogP contribution in [0.5, 0.6) is 0 Å². The highest BCUT2D eigenvalue weighted by Gasteiger charge is 2.39. The van der Waals surface area contributed by atoms with Gasteiger partial charge in [-0.1, -0.05) is 29.8 Å². The molecule has 0 N–H and O–H groups in total. The molecule has 0 bridgehead atoms. The fourth-order valence-electron chi connectivity index (χ4n) is 0.378. The molecule has 0 unspecified atom stereocenters. The van der Waals surface area contributed by atoms with Crippen LogP contribution in [0.1, 0.15) is 13.8 Å². The minimum Gasteiger partial charge on any atom is -0.170 e. The van der Waals surface area contributed by atoms with Crippen molar-refractivity contribution >= 4 is 15.9 Å². The monoisotopic (exact) mass is 204 g/mol. The molecule has 0 aromatic rings. The third-order valence-corrected chi connectivity index (χ3v) is 2.47. The second kappa shape index (κ2) is 2.90. The second-order valence-corrected chi connectivity index (χ2v) is 3.17. The lowest BCUT2D eigenvalue weighted by atomic mass is 10.1. The van der Waals surface area contributed by atoms with E-state index in [2.05, 4.69) is 15.9 Å². The van der Waals surface area contributed by atoms with Crippen molar-refractivity contribution in [1.29, 1.82) is 0 Å². The van der Waals surface area contributed by atoms with E-state index in [1.165, 1.54) is 13.8 Å². The van der Waals surface area contributed by atoms with Gasteiger partial charge in [0.1, 0.15) is 4.83 Å². The lowest BCUT2D eigenvalue weighted by Gasteiger charge is -2.16. The smallest absolute Gasteiger partial charge is 0.170 e. The molecule has 0 aliphatic rings. The normalized spacial score (nSPS) is 16.3. The Bertz CT molecular complexity index is 86.7. The van der Waals surface area contributed by atoms with Gasteiger partial charge in [0.2, 0.25) is 0 Å². The van der Waals surface area contributed by atoms with Gasteiger partial charge in [-0.15, -0.1) is 0 Å². The molecule has 56 valence electrons. The SMILES string of the molecule is CC(C)[C@H](Br)C(F)(F)F. The molecule has 0 saturated carbocycles. The van der Waals surface area contributed by atoms with Crippen LogP contribution >= 0.6 is 15.9 Å². The molecular weight excluding hydrogens is 197 g/mol. The predicted octanol–water partition coefficient (Wildman–Crippen LogP) is 2.97. The van der Waals surface area contributed by atoms with Crippen LogP contribution in [0.25, 0.3) is 0 Å². The Hall–Kier alpha value is 0.270. The molecule has 0 amide bonds. The van der Waals surface area contributed by atoms with Gasteiger partial charge in [-0.05, 0) is 5.92 Å². The Morgan fingerprint density at radius 3 is 1.56 bits per heavy atom. The molecule has 0 fully saturated rings. The van der Waals surface area contributed by atoms with E-state index >= 15 is 0 Å². The fourth-order valence-corrected chi connectivity index (χ4v) is 0.378.